The van der Waals surface area contributed by atoms with Gasteiger partial charge in [-0.05, 0) is 26.1 Å². The first kappa shape index (κ1) is 12.0. The van der Waals surface area contributed by atoms with Crippen molar-refractivity contribution < 1.29 is 0 Å². The second kappa shape index (κ2) is 4.61. The number of hydrogen-bond acceptors (Lipinski definition) is 2. The van der Waals surface area contributed by atoms with Crippen molar-refractivity contribution in [3.8, 4) is 0 Å². The monoisotopic (exact) mass is 226 g/mol. The van der Waals surface area contributed by atoms with Crippen LogP contribution in [0, 0.1) is 13.8 Å². The van der Waals surface area contributed by atoms with Crippen molar-refractivity contribution in [2.24, 2.45) is 7.05 Å². The SMILES string of the molecule is CNC(=S)N(C)Cc1c(C)nn(C)c1C. The maximum absolute atomic E-state index is 5.16. The molecule has 0 bridgehead atoms. The van der Waals surface area contributed by atoms with E-state index in [2.05, 4.69) is 17.3 Å². The normalized spacial score (nSPS) is 10.2. The molecule has 1 rings (SSSR count). The molecule has 84 valence electrons. The molecule has 1 N–H and O–H groups in total. The smallest absolute Gasteiger partial charge is 0.168 e. The molecule has 0 aliphatic heterocycles. The summed E-state index contributed by atoms with van der Waals surface area (Å²) in [5.74, 6) is 0. The predicted molar refractivity (Wildman–Crippen MR) is 65.8 cm³/mol. The zero-order valence-corrected chi connectivity index (χ0v) is 10.8. The third-order valence-corrected chi connectivity index (χ3v) is 3.13. The highest BCUT2D eigenvalue weighted by Crippen LogP contribution is 2.13. The minimum atomic E-state index is 0.748. The lowest BCUT2D eigenvalue weighted by atomic mass is 10.2. The fraction of sp³-hybridized carbons (Fsp3) is 0.600. The largest absolute Gasteiger partial charge is 0.366 e. The van der Waals surface area contributed by atoms with E-state index in [9.17, 15) is 0 Å². The number of hydrogen-bond donors (Lipinski definition) is 1. The maximum atomic E-state index is 5.16. The van der Waals surface area contributed by atoms with Gasteiger partial charge < -0.3 is 10.2 Å². The van der Waals surface area contributed by atoms with Gasteiger partial charge in [0.25, 0.3) is 0 Å². The number of nitrogens with zero attached hydrogens (tertiary/aromatic N) is 3. The molecule has 1 heterocycles. The van der Waals surface area contributed by atoms with E-state index in [4.69, 9.17) is 12.2 Å². The molecule has 5 heteroatoms. The number of thiocarbonyl (C=S) groups is 1. The van der Waals surface area contributed by atoms with Crippen LogP contribution in [0.2, 0.25) is 0 Å². The standard InChI is InChI=1S/C10H18N4S/c1-7-9(8(2)14(5)12-7)6-13(4)10(15)11-3/h6H2,1-5H3,(H,11,15). The number of rotatable bonds is 2. The molecular weight excluding hydrogens is 208 g/mol. The molecule has 0 fully saturated rings. The molecule has 0 saturated heterocycles. The highest BCUT2D eigenvalue weighted by molar-refractivity contribution is 7.80. The summed E-state index contributed by atoms with van der Waals surface area (Å²) in [5, 5.41) is 8.08. The van der Waals surface area contributed by atoms with Gasteiger partial charge in [-0.2, -0.15) is 5.10 Å². The van der Waals surface area contributed by atoms with E-state index in [1.165, 1.54) is 11.3 Å². The van der Waals surface area contributed by atoms with Crippen LogP contribution in [0.4, 0.5) is 0 Å². The first-order valence-corrected chi connectivity index (χ1v) is 5.30. The Balaban J connectivity index is 2.85. The Morgan fingerprint density at radius 1 is 1.53 bits per heavy atom. The Labute approximate surface area is 96.3 Å². The zero-order chi connectivity index (χ0) is 11.6. The van der Waals surface area contributed by atoms with Gasteiger partial charge in [0, 0.05) is 38.9 Å². The molecule has 0 atom stereocenters. The summed E-state index contributed by atoms with van der Waals surface area (Å²) in [6.07, 6.45) is 0. The van der Waals surface area contributed by atoms with Crippen molar-refractivity contribution in [2.75, 3.05) is 14.1 Å². The van der Waals surface area contributed by atoms with Crippen LogP contribution in [0.25, 0.3) is 0 Å². The Bertz CT molecular complexity index is 370. The average molecular weight is 226 g/mol. The zero-order valence-electron chi connectivity index (χ0n) is 9.96. The van der Waals surface area contributed by atoms with E-state index in [0.717, 1.165) is 17.4 Å². The molecule has 15 heavy (non-hydrogen) atoms. The van der Waals surface area contributed by atoms with Gasteiger partial charge in [-0.3, -0.25) is 4.68 Å². The van der Waals surface area contributed by atoms with Gasteiger partial charge in [0.05, 0.1) is 5.69 Å². The van der Waals surface area contributed by atoms with Crippen LogP contribution in [0.15, 0.2) is 0 Å². The van der Waals surface area contributed by atoms with E-state index in [0.29, 0.717) is 0 Å². The van der Waals surface area contributed by atoms with Gasteiger partial charge in [-0.25, -0.2) is 0 Å². The van der Waals surface area contributed by atoms with E-state index < -0.39 is 0 Å². The number of aryl methyl sites for hydroxylation is 2. The molecule has 0 unspecified atom stereocenters. The van der Waals surface area contributed by atoms with E-state index >= 15 is 0 Å². The highest BCUT2D eigenvalue weighted by Gasteiger charge is 2.12. The Morgan fingerprint density at radius 3 is 2.53 bits per heavy atom. The third-order valence-electron chi connectivity index (χ3n) is 2.61. The molecule has 0 aliphatic carbocycles. The van der Waals surface area contributed by atoms with E-state index in [1.54, 1.807) is 0 Å². The first-order valence-electron chi connectivity index (χ1n) is 4.89. The van der Waals surface area contributed by atoms with Crippen molar-refractivity contribution >= 4 is 17.3 Å². The summed E-state index contributed by atoms with van der Waals surface area (Å²) in [4.78, 5) is 2.01. The Kier molecular flexibility index (Phi) is 3.68. The fourth-order valence-electron chi connectivity index (χ4n) is 1.55. The van der Waals surface area contributed by atoms with Gasteiger partial charge in [0.2, 0.25) is 0 Å². The van der Waals surface area contributed by atoms with Crippen LogP contribution < -0.4 is 5.32 Å². The topological polar surface area (TPSA) is 33.1 Å². The molecular formula is C10H18N4S. The summed E-state index contributed by atoms with van der Waals surface area (Å²) in [6, 6.07) is 0. The summed E-state index contributed by atoms with van der Waals surface area (Å²) >= 11 is 5.16. The van der Waals surface area contributed by atoms with Crippen molar-refractivity contribution in [1.82, 2.24) is 20.0 Å². The van der Waals surface area contributed by atoms with Gasteiger partial charge >= 0.3 is 0 Å². The predicted octanol–water partition coefficient (Wildman–Crippen LogP) is 0.973. The second-order valence-electron chi connectivity index (χ2n) is 3.68. The summed E-state index contributed by atoms with van der Waals surface area (Å²) < 4.78 is 1.90. The number of aromatic nitrogens is 2. The van der Waals surface area contributed by atoms with Gasteiger partial charge in [0.15, 0.2) is 5.11 Å². The molecule has 0 aromatic carbocycles. The molecule has 1 aromatic rings. The maximum Gasteiger partial charge on any atom is 0.168 e. The van der Waals surface area contributed by atoms with E-state index in [-0.39, 0.29) is 0 Å². The van der Waals surface area contributed by atoms with Crippen LogP contribution >= 0.6 is 12.2 Å². The molecule has 4 nitrogen and oxygen atoms in total. The average Bonchev–Trinajstić information content (AvgIpc) is 2.43. The van der Waals surface area contributed by atoms with Crippen LogP contribution in [0.1, 0.15) is 17.0 Å². The lowest BCUT2D eigenvalue weighted by molar-refractivity contribution is 0.491. The van der Waals surface area contributed by atoms with Crippen LogP contribution in [0.3, 0.4) is 0 Å². The fourth-order valence-corrected chi connectivity index (χ4v) is 1.61. The van der Waals surface area contributed by atoms with Crippen molar-refractivity contribution in [3.05, 3.63) is 17.0 Å². The van der Waals surface area contributed by atoms with Crippen molar-refractivity contribution in [1.29, 1.82) is 0 Å². The second-order valence-corrected chi connectivity index (χ2v) is 4.07. The molecule has 0 aliphatic rings. The van der Waals surface area contributed by atoms with Crippen LogP contribution in [0.5, 0.6) is 0 Å². The van der Waals surface area contributed by atoms with Gasteiger partial charge in [-0.1, -0.05) is 0 Å². The minimum Gasteiger partial charge on any atom is -0.366 e. The van der Waals surface area contributed by atoms with Crippen LogP contribution in [-0.2, 0) is 13.6 Å². The summed E-state index contributed by atoms with van der Waals surface area (Å²) in [6.45, 7) is 4.90. The quantitative estimate of drug-likeness (QED) is 0.762. The van der Waals surface area contributed by atoms with Crippen LogP contribution in [-0.4, -0.2) is 33.9 Å². The minimum absolute atomic E-state index is 0.748. The summed E-state index contributed by atoms with van der Waals surface area (Å²) in [5.41, 5.74) is 3.51. The van der Waals surface area contributed by atoms with Crippen molar-refractivity contribution in [3.63, 3.8) is 0 Å². The lowest BCUT2D eigenvalue weighted by Crippen LogP contribution is -2.34. The molecule has 0 amide bonds. The Morgan fingerprint density at radius 2 is 2.13 bits per heavy atom. The lowest BCUT2D eigenvalue weighted by Gasteiger charge is -2.19. The van der Waals surface area contributed by atoms with Gasteiger partial charge in [0.1, 0.15) is 0 Å². The first-order chi connectivity index (χ1) is 6.97. The van der Waals surface area contributed by atoms with Gasteiger partial charge in [-0.15, -0.1) is 0 Å². The van der Waals surface area contributed by atoms with Crippen molar-refractivity contribution in [2.45, 2.75) is 20.4 Å². The molecule has 0 saturated carbocycles. The third kappa shape index (κ3) is 2.47. The summed E-state index contributed by atoms with van der Waals surface area (Å²) in [7, 11) is 5.77. The molecule has 0 spiro atoms. The van der Waals surface area contributed by atoms with E-state index in [1.807, 2.05) is 37.6 Å². The highest BCUT2D eigenvalue weighted by atomic mass is 32.1. The molecule has 1 aromatic heterocycles. The molecule has 0 radical (unpaired) electrons. The number of nitrogens with one attached hydrogen (secondary N) is 1. The Hall–Kier alpha value is -1.10.